The number of Topliss-reactive ketones (excluding diaryl/α,β-unsaturated/α-hetero) is 1. The van der Waals surface area contributed by atoms with Crippen LogP contribution < -0.4 is 9.47 Å². The molecule has 2 aromatic rings. The molecule has 0 unspecified atom stereocenters. The summed E-state index contributed by atoms with van der Waals surface area (Å²) in [7, 11) is 3.15. The quantitative estimate of drug-likeness (QED) is 0.784. The molecule has 110 valence electrons. The van der Waals surface area contributed by atoms with Crippen molar-refractivity contribution in [2.45, 2.75) is 20.3 Å². The fraction of sp³-hybridized carbons (Fsp3) is 0.278. The average Bonchev–Trinajstić information content (AvgIpc) is 2.50. The Balaban J connectivity index is 2.33. The highest BCUT2D eigenvalue weighted by atomic mass is 16.5. The number of carbonyl (C=O) groups excluding carboxylic acids is 1. The third kappa shape index (κ3) is 3.43. The molecule has 0 saturated carbocycles. The highest BCUT2D eigenvalue weighted by molar-refractivity contribution is 6.00. The van der Waals surface area contributed by atoms with E-state index in [9.17, 15) is 4.79 Å². The second kappa shape index (κ2) is 6.44. The van der Waals surface area contributed by atoms with E-state index in [2.05, 4.69) is 12.1 Å². The maximum absolute atomic E-state index is 12.6. The van der Waals surface area contributed by atoms with Crippen molar-refractivity contribution in [3.8, 4) is 11.5 Å². The number of benzene rings is 2. The second-order valence-electron chi connectivity index (χ2n) is 5.10. The van der Waals surface area contributed by atoms with Gasteiger partial charge in [-0.25, -0.2) is 0 Å². The van der Waals surface area contributed by atoms with Crippen molar-refractivity contribution in [1.29, 1.82) is 0 Å². The van der Waals surface area contributed by atoms with Crippen LogP contribution in [0.2, 0.25) is 0 Å². The smallest absolute Gasteiger partial charge is 0.171 e. The number of methoxy groups -OCH3 is 2. The molecule has 0 fully saturated rings. The predicted octanol–water partition coefficient (Wildman–Crippen LogP) is 3.75. The van der Waals surface area contributed by atoms with Gasteiger partial charge in [0.2, 0.25) is 0 Å². The monoisotopic (exact) mass is 284 g/mol. The van der Waals surface area contributed by atoms with Gasteiger partial charge in [0.1, 0.15) is 11.5 Å². The molecule has 2 aromatic carbocycles. The molecule has 0 radical (unpaired) electrons. The van der Waals surface area contributed by atoms with Crippen LogP contribution in [0.25, 0.3) is 0 Å². The van der Waals surface area contributed by atoms with Gasteiger partial charge in [-0.15, -0.1) is 0 Å². The molecule has 0 aliphatic carbocycles. The summed E-state index contributed by atoms with van der Waals surface area (Å²) in [6.45, 7) is 4.05. The summed E-state index contributed by atoms with van der Waals surface area (Å²) in [4.78, 5) is 12.6. The summed E-state index contributed by atoms with van der Waals surface area (Å²) >= 11 is 0. The SMILES string of the molecule is COc1ccc(OC)c(C(=O)Cc2cc(C)ccc2C)c1. The van der Waals surface area contributed by atoms with Crippen molar-refractivity contribution < 1.29 is 14.3 Å². The van der Waals surface area contributed by atoms with Crippen LogP contribution in [0.15, 0.2) is 36.4 Å². The lowest BCUT2D eigenvalue weighted by atomic mass is 9.97. The predicted molar refractivity (Wildman–Crippen MR) is 83.5 cm³/mol. The topological polar surface area (TPSA) is 35.5 Å². The molecule has 0 saturated heterocycles. The Bertz CT molecular complexity index is 660. The summed E-state index contributed by atoms with van der Waals surface area (Å²) in [5.74, 6) is 1.26. The van der Waals surface area contributed by atoms with Gasteiger partial charge in [-0.05, 0) is 43.2 Å². The van der Waals surface area contributed by atoms with Crippen LogP contribution in [0.4, 0.5) is 0 Å². The first-order chi connectivity index (χ1) is 10.0. The van der Waals surface area contributed by atoms with Gasteiger partial charge in [0, 0.05) is 6.42 Å². The molecule has 0 N–H and O–H groups in total. The molecule has 21 heavy (non-hydrogen) atoms. The van der Waals surface area contributed by atoms with Gasteiger partial charge in [0.15, 0.2) is 5.78 Å². The standard InChI is InChI=1S/C18H20O3/c1-12-5-6-13(2)14(9-12)10-17(19)16-11-15(20-3)7-8-18(16)21-4/h5-9,11H,10H2,1-4H3. The molecule has 0 aliphatic rings. The van der Waals surface area contributed by atoms with Gasteiger partial charge in [-0.1, -0.05) is 23.8 Å². The minimum absolute atomic E-state index is 0.0273. The first-order valence-electron chi connectivity index (χ1n) is 6.86. The highest BCUT2D eigenvalue weighted by Gasteiger charge is 2.15. The third-order valence-corrected chi connectivity index (χ3v) is 3.56. The molecular formula is C18H20O3. The molecule has 0 amide bonds. The fourth-order valence-corrected chi connectivity index (χ4v) is 2.29. The van der Waals surface area contributed by atoms with Gasteiger partial charge in [0.05, 0.1) is 19.8 Å². The largest absolute Gasteiger partial charge is 0.497 e. The molecule has 3 heteroatoms. The molecule has 0 spiro atoms. The van der Waals surface area contributed by atoms with E-state index >= 15 is 0 Å². The maximum atomic E-state index is 12.6. The minimum atomic E-state index is 0.0273. The number of aryl methyl sites for hydroxylation is 2. The Hall–Kier alpha value is -2.29. The molecule has 0 aromatic heterocycles. The maximum Gasteiger partial charge on any atom is 0.171 e. The van der Waals surface area contributed by atoms with Crippen LogP contribution in [0.1, 0.15) is 27.0 Å². The van der Waals surface area contributed by atoms with Crippen LogP contribution in [0, 0.1) is 13.8 Å². The summed E-state index contributed by atoms with van der Waals surface area (Å²) in [6.07, 6.45) is 0.358. The molecule has 0 bridgehead atoms. The lowest BCUT2D eigenvalue weighted by Crippen LogP contribution is -2.07. The Morgan fingerprint density at radius 2 is 1.76 bits per heavy atom. The van der Waals surface area contributed by atoms with Crippen LogP contribution in [0.5, 0.6) is 11.5 Å². The van der Waals surface area contributed by atoms with Crippen molar-refractivity contribution in [2.75, 3.05) is 14.2 Å². The normalized spacial score (nSPS) is 10.3. The zero-order chi connectivity index (χ0) is 15.4. The van der Waals surface area contributed by atoms with Crippen LogP contribution in [0.3, 0.4) is 0 Å². The number of rotatable bonds is 5. The number of ether oxygens (including phenoxy) is 2. The van der Waals surface area contributed by atoms with Gasteiger partial charge in [-0.3, -0.25) is 4.79 Å². The van der Waals surface area contributed by atoms with Crippen molar-refractivity contribution in [3.63, 3.8) is 0 Å². The Labute approximate surface area is 125 Å². The molecule has 0 heterocycles. The van der Waals surface area contributed by atoms with Crippen LogP contribution in [-0.2, 0) is 6.42 Å². The summed E-state index contributed by atoms with van der Waals surface area (Å²) in [5.41, 5.74) is 3.87. The third-order valence-electron chi connectivity index (χ3n) is 3.56. The Morgan fingerprint density at radius 3 is 2.43 bits per heavy atom. The molecule has 0 atom stereocenters. The van der Waals surface area contributed by atoms with Crippen molar-refractivity contribution in [3.05, 3.63) is 58.7 Å². The van der Waals surface area contributed by atoms with Gasteiger partial charge >= 0.3 is 0 Å². The molecular weight excluding hydrogens is 264 g/mol. The lowest BCUT2D eigenvalue weighted by Gasteiger charge is -2.11. The molecule has 3 nitrogen and oxygen atoms in total. The van der Waals surface area contributed by atoms with E-state index in [0.29, 0.717) is 23.5 Å². The zero-order valence-corrected chi connectivity index (χ0v) is 12.9. The van der Waals surface area contributed by atoms with E-state index in [-0.39, 0.29) is 5.78 Å². The van der Waals surface area contributed by atoms with Crippen molar-refractivity contribution in [1.82, 2.24) is 0 Å². The number of hydrogen-bond acceptors (Lipinski definition) is 3. The van der Waals surface area contributed by atoms with Crippen LogP contribution in [-0.4, -0.2) is 20.0 Å². The van der Waals surface area contributed by atoms with E-state index in [1.54, 1.807) is 32.4 Å². The highest BCUT2D eigenvalue weighted by Crippen LogP contribution is 2.26. The second-order valence-corrected chi connectivity index (χ2v) is 5.10. The lowest BCUT2D eigenvalue weighted by molar-refractivity contribution is 0.0989. The Kier molecular flexibility index (Phi) is 4.63. The van der Waals surface area contributed by atoms with Gasteiger partial charge < -0.3 is 9.47 Å². The van der Waals surface area contributed by atoms with E-state index in [1.807, 2.05) is 19.9 Å². The summed E-state index contributed by atoms with van der Waals surface area (Å²) in [6, 6.07) is 11.4. The summed E-state index contributed by atoms with van der Waals surface area (Å²) < 4.78 is 10.5. The number of carbonyl (C=O) groups is 1. The van der Waals surface area contributed by atoms with E-state index in [0.717, 1.165) is 16.7 Å². The van der Waals surface area contributed by atoms with Crippen LogP contribution >= 0.6 is 0 Å². The van der Waals surface area contributed by atoms with E-state index < -0.39 is 0 Å². The fourth-order valence-electron chi connectivity index (χ4n) is 2.29. The Morgan fingerprint density at radius 1 is 1.00 bits per heavy atom. The first kappa shape index (κ1) is 15.1. The van der Waals surface area contributed by atoms with Crippen molar-refractivity contribution in [2.24, 2.45) is 0 Å². The van der Waals surface area contributed by atoms with E-state index in [1.165, 1.54) is 0 Å². The average molecular weight is 284 g/mol. The number of ketones is 1. The van der Waals surface area contributed by atoms with E-state index in [4.69, 9.17) is 9.47 Å². The van der Waals surface area contributed by atoms with Gasteiger partial charge in [0.25, 0.3) is 0 Å². The number of hydrogen-bond donors (Lipinski definition) is 0. The summed E-state index contributed by atoms with van der Waals surface area (Å²) in [5, 5.41) is 0. The van der Waals surface area contributed by atoms with Gasteiger partial charge in [-0.2, -0.15) is 0 Å². The van der Waals surface area contributed by atoms with Crippen molar-refractivity contribution >= 4 is 5.78 Å². The molecule has 0 aliphatic heterocycles. The molecule has 2 rings (SSSR count). The minimum Gasteiger partial charge on any atom is -0.497 e. The zero-order valence-electron chi connectivity index (χ0n) is 12.9. The first-order valence-corrected chi connectivity index (χ1v) is 6.86.